The fraction of sp³-hybridized carbons (Fsp3) is 0.222. The highest BCUT2D eigenvalue weighted by Crippen LogP contribution is 2.40. The lowest BCUT2D eigenvalue weighted by molar-refractivity contribution is 0.00484. The summed E-state index contributed by atoms with van der Waals surface area (Å²) in [6, 6.07) is 64.4. The molecule has 13 nitrogen and oxygen atoms in total. The zero-order valence-corrected chi connectivity index (χ0v) is 47.3. The summed E-state index contributed by atoms with van der Waals surface area (Å²) in [6.45, 7) is 4.75. The Balaban J connectivity index is 0.816. The summed E-state index contributed by atoms with van der Waals surface area (Å²) in [4.78, 5) is 0. The Hall–Kier alpha value is -9.40. The summed E-state index contributed by atoms with van der Waals surface area (Å²) in [7, 11) is 0. The minimum atomic E-state index is 0.209. The van der Waals surface area contributed by atoms with E-state index in [9.17, 15) is 0 Å². The van der Waals surface area contributed by atoms with Crippen LogP contribution in [-0.4, -0.2) is 82.8 Å². The number of nitrogens with zero attached hydrogens (tertiary/aromatic N) is 6. The molecule has 0 radical (unpaired) electrons. The van der Waals surface area contributed by atoms with E-state index in [0.29, 0.717) is 91.6 Å². The molecule has 10 aromatic carbocycles. The average molecular weight is 1130 g/mol. The van der Waals surface area contributed by atoms with Crippen molar-refractivity contribution >= 4 is 43.1 Å². The monoisotopic (exact) mass is 1120 g/mol. The SMILES string of the molecule is c1cc2c3c(c1)Cc1cccc(c1OCc1cn(Cc4c5ccccc5cc5ccccc45)nn1)Cc1cccc(c1OCCOCCOCCOCCO3)Cc1cccc(c1OCc1cn(Cc3c4ccccc4cc4ccccc34)nn1)C2. The lowest BCUT2D eigenvalue weighted by Crippen LogP contribution is -2.16. The van der Waals surface area contributed by atoms with Gasteiger partial charge in [0.2, 0.25) is 0 Å². The summed E-state index contributed by atoms with van der Waals surface area (Å²) in [5, 5.41) is 28.3. The molecule has 0 N–H and O–H groups in total. The third kappa shape index (κ3) is 11.8. The maximum Gasteiger partial charge on any atom is 0.134 e. The van der Waals surface area contributed by atoms with Crippen LogP contribution in [0.3, 0.4) is 0 Å². The van der Waals surface area contributed by atoms with Gasteiger partial charge in [-0.05, 0) is 111 Å². The first kappa shape index (κ1) is 53.6. The third-order valence-corrected chi connectivity index (χ3v) is 16.2. The molecule has 1 aliphatic carbocycles. The Morgan fingerprint density at radius 3 is 0.988 bits per heavy atom. The standard InChI is InChI=1S/C72H64N6O7/c1-5-25-63-49(13-1)37-50-14-2-6-26-64(50)67(63)45-77-43-61(73-75-77)47-84-71-57-21-11-22-58(71)40-54-18-10-20-56-42-60-24-12-23-59(41-55-19-9-17-53(39-57)69(55)82-35-33-80-31-29-79-30-32-81-34-36-83-70(54)56)72(60)85-48-62-44-78(76-74-62)46-68-65-27-7-3-15-51(65)38-52-16-4-8-28-66(52)68/h1-28,37-38,43-44H,29-36,39-42,45-48H2. The normalized spacial score (nSPS) is 14.3. The van der Waals surface area contributed by atoms with Gasteiger partial charge in [0.25, 0.3) is 0 Å². The van der Waals surface area contributed by atoms with Crippen molar-refractivity contribution in [2.75, 3.05) is 52.9 Å². The average Bonchev–Trinajstić information content (AvgIpc) is 4.16. The molecule has 0 saturated heterocycles. The van der Waals surface area contributed by atoms with Gasteiger partial charge in [0.05, 0.1) is 65.1 Å². The van der Waals surface area contributed by atoms with Crippen molar-refractivity contribution in [3.63, 3.8) is 0 Å². The molecule has 2 aliphatic rings. The van der Waals surface area contributed by atoms with Crippen molar-refractivity contribution in [3.8, 4) is 23.0 Å². The molecule has 0 unspecified atom stereocenters. The second-order valence-corrected chi connectivity index (χ2v) is 21.8. The van der Waals surface area contributed by atoms with E-state index in [-0.39, 0.29) is 13.2 Å². The van der Waals surface area contributed by atoms with Gasteiger partial charge >= 0.3 is 0 Å². The first-order chi connectivity index (χ1) is 42.1. The first-order valence-corrected chi connectivity index (χ1v) is 29.4. The van der Waals surface area contributed by atoms with Crippen molar-refractivity contribution < 1.29 is 33.2 Å². The molecule has 0 spiro atoms. The summed E-state index contributed by atoms with van der Waals surface area (Å²) in [5.74, 6) is 3.17. The van der Waals surface area contributed by atoms with Crippen LogP contribution in [0.15, 0.2) is 194 Å². The van der Waals surface area contributed by atoms with Crippen LogP contribution < -0.4 is 18.9 Å². The number of ether oxygens (including phenoxy) is 7. The van der Waals surface area contributed by atoms with Crippen LogP contribution in [0, 0.1) is 0 Å². The number of rotatable bonds is 10. The Morgan fingerprint density at radius 1 is 0.341 bits per heavy atom. The van der Waals surface area contributed by atoms with Gasteiger partial charge in [0.1, 0.15) is 60.8 Å². The van der Waals surface area contributed by atoms with Crippen LogP contribution in [0.25, 0.3) is 43.1 Å². The molecule has 0 atom stereocenters. The molecule has 424 valence electrons. The van der Waals surface area contributed by atoms with Gasteiger partial charge < -0.3 is 33.2 Å². The van der Waals surface area contributed by atoms with E-state index in [4.69, 9.17) is 43.4 Å². The molecule has 1 aliphatic heterocycles. The predicted octanol–water partition coefficient (Wildman–Crippen LogP) is 13.2. The summed E-state index contributed by atoms with van der Waals surface area (Å²) < 4.78 is 49.8. The van der Waals surface area contributed by atoms with Crippen LogP contribution in [-0.2, 0) is 66.2 Å². The molecular weight excluding hydrogens is 1060 g/mol. The Bertz CT molecular complexity index is 3890. The van der Waals surface area contributed by atoms with E-state index in [0.717, 1.165) is 78.9 Å². The number of para-hydroxylation sites is 4. The number of fused-ring (bicyclic) bond motifs is 6. The van der Waals surface area contributed by atoms with E-state index in [1.54, 1.807) is 0 Å². The number of aromatic nitrogens is 6. The number of benzene rings is 10. The zero-order chi connectivity index (χ0) is 56.7. The van der Waals surface area contributed by atoms with Crippen molar-refractivity contribution in [2.45, 2.75) is 52.0 Å². The van der Waals surface area contributed by atoms with Gasteiger partial charge in [-0.25, -0.2) is 9.36 Å². The summed E-state index contributed by atoms with van der Waals surface area (Å²) in [6.07, 6.45) is 6.10. The van der Waals surface area contributed by atoms with E-state index in [2.05, 4.69) is 192 Å². The smallest absolute Gasteiger partial charge is 0.134 e. The largest absolute Gasteiger partial charge is 0.491 e. The summed E-state index contributed by atoms with van der Waals surface area (Å²) in [5.41, 5.74) is 12.0. The second-order valence-electron chi connectivity index (χ2n) is 21.8. The Morgan fingerprint density at radius 2 is 0.647 bits per heavy atom. The van der Waals surface area contributed by atoms with Crippen LogP contribution in [0.2, 0.25) is 0 Å². The van der Waals surface area contributed by atoms with Crippen LogP contribution >= 0.6 is 0 Å². The molecule has 10 bridgehead atoms. The van der Waals surface area contributed by atoms with Gasteiger partial charge in [-0.1, -0.05) is 180 Å². The minimum Gasteiger partial charge on any atom is -0.491 e. The highest BCUT2D eigenvalue weighted by Gasteiger charge is 2.23. The molecule has 2 aromatic heterocycles. The highest BCUT2D eigenvalue weighted by atomic mass is 16.6. The number of hydrogen-bond donors (Lipinski definition) is 0. The van der Waals surface area contributed by atoms with Gasteiger partial charge in [-0.15, -0.1) is 10.2 Å². The molecule has 12 aromatic rings. The maximum absolute atomic E-state index is 7.07. The maximum atomic E-state index is 7.07. The molecule has 14 rings (SSSR count). The quantitative estimate of drug-likeness (QED) is 0.122. The van der Waals surface area contributed by atoms with Gasteiger partial charge in [-0.2, -0.15) is 0 Å². The lowest BCUT2D eigenvalue weighted by Gasteiger charge is -2.22. The Labute approximate surface area is 493 Å². The van der Waals surface area contributed by atoms with E-state index in [1.807, 2.05) is 21.8 Å². The van der Waals surface area contributed by atoms with E-state index >= 15 is 0 Å². The lowest BCUT2D eigenvalue weighted by atomic mass is 9.91. The molecule has 85 heavy (non-hydrogen) atoms. The minimum absolute atomic E-state index is 0.209. The van der Waals surface area contributed by atoms with Gasteiger partial charge in [-0.3, -0.25) is 0 Å². The molecule has 13 heteroatoms. The molecule has 0 amide bonds. The Kier molecular flexibility index (Phi) is 15.6. The second kappa shape index (κ2) is 24.8. The van der Waals surface area contributed by atoms with Crippen LogP contribution in [0.4, 0.5) is 0 Å². The fourth-order valence-corrected chi connectivity index (χ4v) is 12.3. The van der Waals surface area contributed by atoms with Crippen molar-refractivity contribution in [2.24, 2.45) is 0 Å². The van der Waals surface area contributed by atoms with Crippen LogP contribution in [0.1, 0.15) is 67.0 Å². The van der Waals surface area contributed by atoms with E-state index < -0.39 is 0 Å². The van der Waals surface area contributed by atoms with Gasteiger partial charge in [0, 0.05) is 25.7 Å². The van der Waals surface area contributed by atoms with Gasteiger partial charge in [0.15, 0.2) is 0 Å². The predicted molar refractivity (Wildman–Crippen MR) is 330 cm³/mol. The van der Waals surface area contributed by atoms with Crippen molar-refractivity contribution in [1.29, 1.82) is 0 Å². The highest BCUT2D eigenvalue weighted by molar-refractivity contribution is 6.03. The topological polar surface area (TPSA) is 126 Å². The summed E-state index contributed by atoms with van der Waals surface area (Å²) >= 11 is 0. The number of hydrogen-bond acceptors (Lipinski definition) is 11. The fourth-order valence-electron chi connectivity index (χ4n) is 12.3. The van der Waals surface area contributed by atoms with Crippen molar-refractivity contribution in [1.82, 2.24) is 30.0 Å². The third-order valence-electron chi connectivity index (χ3n) is 16.2. The first-order valence-electron chi connectivity index (χ1n) is 29.4. The molecule has 0 fully saturated rings. The molecular formula is C72H64N6O7. The van der Waals surface area contributed by atoms with Crippen molar-refractivity contribution in [3.05, 3.63) is 261 Å². The van der Waals surface area contributed by atoms with E-state index in [1.165, 1.54) is 54.2 Å². The van der Waals surface area contributed by atoms with Crippen LogP contribution in [0.5, 0.6) is 23.0 Å². The molecule has 0 saturated carbocycles. The molecule has 3 heterocycles. The zero-order valence-electron chi connectivity index (χ0n) is 47.3.